The highest BCUT2D eigenvalue weighted by Crippen LogP contribution is 2.27. The molecule has 41 heavy (non-hydrogen) atoms. The van der Waals surface area contributed by atoms with Crippen LogP contribution >= 0.6 is 0 Å². The molecule has 4 rings (SSSR count). The maximum atomic E-state index is 13.2. The maximum Gasteiger partial charge on any atom is 0.490 e. The highest BCUT2D eigenvalue weighted by atomic mass is 32.2. The number of nitrogens with zero attached hydrogens (tertiary/aromatic N) is 1. The van der Waals surface area contributed by atoms with Crippen LogP contribution in [0, 0.1) is 0 Å². The standard InChI is InChI=1S/C25H28N4O4S.C2HF3O2/c1-33-21-8-5-9-22(17-21)34(31,32)28-20-10-11-24(29-14-12-26-13-15-29)23(16-20)25(30)27-18-19-6-3-2-4-7-19;3-2(4,5)1(6)7/h2-11,16-17,26,28H,12-15,18H2,1H3,(H,27,30);(H,6,7). The third-order valence-electron chi connectivity index (χ3n) is 5.84. The van der Waals surface area contributed by atoms with Gasteiger partial charge in [0.1, 0.15) is 5.75 Å². The van der Waals surface area contributed by atoms with Gasteiger partial charge in [0.15, 0.2) is 0 Å². The fourth-order valence-electron chi connectivity index (χ4n) is 3.82. The van der Waals surface area contributed by atoms with Gasteiger partial charge >= 0.3 is 12.1 Å². The number of halogens is 3. The summed E-state index contributed by atoms with van der Waals surface area (Å²) in [7, 11) is -2.39. The number of sulfonamides is 1. The second-order valence-electron chi connectivity index (χ2n) is 8.72. The molecule has 0 aliphatic carbocycles. The van der Waals surface area contributed by atoms with Gasteiger partial charge in [0.2, 0.25) is 0 Å². The van der Waals surface area contributed by atoms with Crippen molar-refractivity contribution >= 4 is 33.3 Å². The Bertz CT molecular complexity index is 1450. The molecule has 0 atom stereocenters. The van der Waals surface area contributed by atoms with Gasteiger partial charge in [-0.3, -0.25) is 9.52 Å². The lowest BCUT2D eigenvalue weighted by Crippen LogP contribution is -2.44. The van der Waals surface area contributed by atoms with Gasteiger partial charge in [0, 0.05) is 50.2 Å². The van der Waals surface area contributed by atoms with Crippen molar-refractivity contribution in [3.05, 3.63) is 83.9 Å². The number of benzene rings is 3. The van der Waals surface area contributed by atoms with E-state index in [4.69, 9.17) is 14.6 Å². The molecule has 3 aromatic carbocycles. The summed E-state index contributed by atoms with van der Waals surface area (Å²) in [6, 6.07) is 20.9. The summed E-state index contributed by atoms with van der Waals surface area (Å²) >= 11 is 0. The van der Waals surface area contributed by atoms with Gasteiger partial charge in [-0.15, -0.1) is 0 Å². The van der Waals surface area contributed by atoms with Crippen molar-refractivity contribution in [3.63, 3.8) is 0 Å². The van der Waals surface area contributed by atoms with E-state index in [-0.39, 0.29) is 10.8 Å². The van der Waals surface area contributed by atoms with Gasteiger partial charge in [0.05, 0.1) is 17.6 Å². The molecule has 0 saturated carbocycles. The SMILES string of the molecule is COc1cccc(S(=O)(=O)Nc2ccc(N3CCNCC3)c(C(=O)NCc3ccccc3)c2)c1.O=C(O)C(F)(F)F. The van der Waals surface area contributed by atoms with Crippen LogP contribution < -0.4 is 25.0 Å². The van der Waals surface area contributed by atoms with Crippen LogP contribution in [0.4, 0.5) is 24.5 Å². The Labute approximate surface area is 235 Å². The fraction of sp³-hybridized carbons (Fsp3) is 0.259. The lowest BCUT2D eigenvalue weighted by molar-refractivity contribution is -0.192. The van der Waals surface area contributed by atoms with Crippen molar-refractivity contribution < 1.29 is 41.0 Å². The van der Waals surface area contributed by atoms with E-state index in [1.54, 1.807) is 30.3 Å². The molecule has 1 fully saturated rings. The molecule has 1 heterocycles. The van der Waals surface area contributed by atoms with E-state index >= 15 is 0 Å². The van der Waals surface area contributed by atoms with E-state index in [2.05, 4.69) is 20.3 Å². The number of rotatable bonds is 8. The third kappa shape index (κ3) is 9.11. The van der Waals surface area contributed by atoms with E-state index < -0.39 is 22.2 Å². The van der Waals surface area contributed by atoms with Crippen LogP contribution in [0.15, 0.2) is 77.7 Å². The number of aliphatic carboxylic acids is 1. The monoisotopic (exact) mass is 594 g/mol. The molecule has 1 aliphatic heterocycles. The second-order valence-corrected chi connectivity index (χ2v) is 10.4. The van der Waals surface area contributed by atoms with Crippen LogP contribution in [0.25, 0.3) is 0 Å². The van der Waals surface area contributed by atoms with Crippen LogP contribution in [-0.4, -0.2) is 64.9 Å². The highest BCUT2D eigenvalue weighted by molar-refractivity contribution is 7.92. The number of carbonyl (C=O) groups is 2. The van der Waals surface area contributed by atoms with Gasteiger partial charge in [-0.1, -0.05) is 36.4 Å². The first-order valence-corrected chi connectivity index (χ1v) is 13.8. The molecular formula is C27H29F3N4O6S. The van der Waals surface area contributed by atoms with Crippen LogP contribution in [0.1, 0.15) is 15.9 Å². The molecule has 0 spiro atoms. The van der Waals surface area contributed by atoms with E-state index in [1.807, 2.05) is 30.3 Å². The van der Waals surface area contributed by atoms with Gasteiger partial charge < -0.3 is 25.4 Å². The Morgan fingerprint density at radius 1 is 1.00 bits per heavy atom. The Morgan fingerprint density at radius 3 is 2.27 bits per heavy atom. The van der Waals surface area contributed by atoms with Gasteiger partial charge in [-0.05, 0) is 35.9 Å². The van der Waals surface area contributed by atoms with Gasteiger partial charge in [0.25, 0.3) is 15.9 Å². The minimum atomic E-state index is -5.08. The highest BCUT2D eigenvalue weighted by Gasteiger charge is 2.38. The van der Waals surface area contributed by atoms with E-state index in [0.29, 0.717) is 23.5 Å². The smallest absolute Gasteiger partial charge is 0.490 e. The molecule has 1 aliphatic rings. The van der Waals surface area contributed by atoms with E-state index in [1.165, 1.54) is 19.2 Å². The Morgan fingerprint density at radius 2 is 1.66 bits per heavy atom. The molecule has 0 radical (unpaired) electrons. The topological polar surface area (TPSA) is 137 Å². The number of ether oxygens (including phenoxy) is 1. The number of carbonyl (C=O) groups excluding carboxylic acids is 1. The predicted octanol–water partition coefficient (Wildman–Crippen LogP) is 3.47. The summed E-state index contributed by atoms with van der Waals surface area (Å²) in [6.07, 6.45) is -5.08. The molecule has 0 unspecified atom stereocenters. The number of anilines is 2. The number of carboxylic acid groups (broad SMARTS) is 1. The normalized spacial score (nSPS) is 13.4. The average Bonchev–Trinajstić information content (AvgIpc) is 2.96. The predicted molar refractivity (Wildman–Crippen MR) is 147 cm³/mol. The maximum absolute atomic E-state index is 13.2. The number of amides is 1. The first-order chi connectivity index (χ1) is 19.4. The number of nitrogens with one attached hydrogen (secondary N) is 3. The largest absolute Gasteiger partial charge is 0.497 e. The van der Waals surface area contributed by atoms with Crippen molar-refractivity contribution in [2.24, 2.45) is 0 Å². The molecule has 10 nitrogen and oxygen atoms in total. The summed E-state index contributed by atoms with van der Waals surface area (Å²) in [6.45, 7) is 3.52. The van der Waals surface area contributed by atoms with Crippen molar-refractivity contribution in [1.82, 2.24) is 10.6 Å². The number of piperazine rings is 1. The second kappa shape index (κ2) is 13.9. The van der Waals surface area contributed by atoms with Crippen LogP contribution in [0.5, 0.6) is 5.75 Å². The molecular weight excluding hydrogens is 565 g/mol. The summed E-state index contributed by atoms with van der Waals surface area (Å²) in [5, 5.41) is 13.4. The number of alkyl halides is 3. The summed E-state index contributed by atoms with van der Waals surface area (Å²) in [5.74, 6) is -2.58. The number of hydrogen-bond donors (Lipinski definition) is 4. The van der Waals surface area contributed by atoms with Crippen molar-refractivity contribution in [2.45, 2.75) is 17.6 Å². The van der Waals surface area contributed by atoms with Crippen LogP contribution in [-0.2, 0) is 21.4 Å². The van der Waals surface area contributed by atoms with E-state index in [0.717, 1.165) is 37.4 Å². The van der Waals surface area contributed by atoms with Crippen molar-refractivity contribution in [3.8, 4) is 5.75 Å². The molecule has 220 valence electrons. The Kier molecular flexibility index (Phi) is 10.6. The van der Waals surface area contributed by atoms with E-state index in [9.17, 15) is 26.4 Å². The molecule has 14 heteroatoms. The van der Waals surface area contributed by atoms with Crippen LogP contribution in [0.2, 0.25) is 0 Å². The molecule has 3 aromatic rings. The third-order valence-corrected chi connectivity index (χ3v) is 7.22. The summed E-state index contributed by atoms with van der Waals surface area (Å²) in [4.78, 5) is 24.3. The summed E-state index contributed by atoms with van der Waals surface area (Å²) < 4.78 is 65.4. The zero-order valence-corrected chi connectivity index (χ0v) is 22.8. The number of hydrogen-bond acceptors (Lipinski definition) is 7. The molecule has 1 amide bonds. The fourth-order valence-corrected chi connectivity index (χ4v) is 4.90. The van der Waals surface area contributed by atoms with Crippen LogP contribution in [0.3, 0.4) is 0 Å². The Hall–Kier alpha value is -4.30. The number of methoxy groups -OCH3 is 1. The Balaban J connectivity index is 0.000000587. The van der Waals surface area contributed by atoms with Crippen molar-refractivity contribution in [1.29, 1.82) is 0 Å². The zero-order valence-electron chi connectivity index (χ0n) is 21.9. The molecule has 4 N–H and O–H groups in total. The zero-order chi connectivity index (χ0) is 30.0. The number of carboxylic acids is 1. The lowest BCUT2D eigenvalue weighted by atomic mass is 10.1. The van der Waals surface area contributed by atoms with Crippen molar-refractivity contribution in [2.75, 3.05) is 42.9 Å². The quantitative estimate of drug-likeness (QED) is 0.311. The molecule has 0 bridgehead atoms. The minimum absolute atomic E-state index is 0.0770. The lowest BCUT2D eigenvalue weighted by Gasteiger charge is -2.31. The minimum Gasteiger partial charge on any atom is -0.497 e. The first-order valence-electron chi connectivity index (χ1n) is 12.3. The summed E-state index contributed by atoms with van der Waals surface area (Å²) in [5.41, 5.74) is 2.49. The molecule has 0 aromatic heterocycles. The van der Waals surface area contributed by atoms with Gasteiger partial charge in [-0.25, -0.2) is 13.2 Å². The van der Waals surface area contributed by atoms with Gasteiger partial charge in [-0.2, -0.15) is 13.2 Å². The first kappa shape index (κ1) is 31.2. The molecule has 1 saturated heterocycles. The average molecular weight is 595 g/mol.